The fourth-order valence-electron chi connectivity index (χ4n) is 1.38. The topological polar surface area (TPSA) is 37.4 Å². The van der Waals surface area contributed by atoms with Crippen molar-refractivity contribution in [3.05, 3.63) is 0 Å². The van der Waals surface area contributed by atoms with Crippen LogP contribution >= 0.6 is 0 Å². The first-order valence-corrected chi connectivity index (χ1v) is 4.62. The summed E-state index contributed by atoms with van der Waals surface area (Å²) in [6.45, 7) is 8.52. The Morgan fingerprint density at radius 2 is 1.69 bits per heavy atom. The van der Waals surface area contributed by atoms with Gasteiger partial charge in [-0.3, -0.25) is 9.59 Å². The number of rotatable bonds is 1. The lowest BCUT2D eigenvalue weighted by Crippen LogP contribution is -2.55. The van der Waals surface area contributed by atoms with E-state index in [0.717, 1.165) is 0 Å². The molecule has 1 aliphatic rings. The van der Waals surface area contributed by atoms with Crippen LogP contribution in [0.1, 0.15) is 27.7 Å². The minimum absolute atomic E-state index is 0.0892. The first kappa shape index (κ1) is 10.2. The number of amides is 1. The van der Waals surface area contributed by atoms with Gasteiger partial charge in [0, 0.05) is 18.5 Å². The number of hydrogen-bond acceptors (Lipinski definition) is 2. The van der Waals surface area contributed by atoms with E-state index in [1.54, 1.807) is 11.8 Å². The van der Waals surface area contributed by atoms with Crippen molar-refractivity contribution < 1.29 is 9.59 Å². The number of hydrogen-bond donors (Lipinski definition) is 0. The van der Waals surface area contributed by atoms with Gasteiger partial charge in [0.05, 0.1) is 5.92 Å². The Morgan fingerprint density at radius 3 is 2.00 bits per heavy atom. The number of nitrogens with zero attached hydrogens (tertiary/aromatic N) is 1. The third-order valence-corrected chi connectivity index (χ3v) is 2.39. The Morgan fingerprint density at radius 1 is 1.23 bits per heavy atom. The lowest BCUT2D eigenvalue weighted by atomic mass is 9.89. The van der Waals surface area contributed by atoms with Crippen LogP contribution in [0.3, 0.4) is 0 Å². The van der Waals surface area contributed by atoms with Gasteiger partial charge in [-0.05, 0) is 6.92 Å². The van der Waals surface area contributed by atoms with Gasteiger partial charge in [-0.2, -0.15) is 0 Å². The number of Topliss-reactive ketones (excluding diaryl/α,β-unsaturated/α-hetero) is 1. The van der Waals surface area contributed by atoms with Crippen LogP contribution in [0.25, 0.3) is 0 Å². The van der Waals surface area contributed by atoms with E-state index in [4.69, 9.17) is 0 Å². The Labute approximate surface area is 79.1 Å². The summed E-state index contributed by atoms with van der Waals surface area (Å²) < 4.78 is 0. The highest BCUT2D eigenvalue weighted by Crippen LogP contribution is 2.24. The normalized spacial score (nSPS) is 18.3. The molecule has 0 aromatic carbocycles. The van der Waals surface area contributed by atoms with Crippen LogP contribution in [0.5, 0.6) is 0 Å². The van der Waals surface area contributed by atoms with Crippen molar-refractivity contribution in [3.8, 4) is 0 Å². The van der Waals surface area contributed by atoms with E-state index in [2.05, 4.69) is 0 Å². The summed E-state index contributed by atoms with van der Waals surface area (Å²) >= 11 is 0. The average Bonchev–Trinajstić information content (AvgIpc) is 1.80. The molecule has 0 spiro atoms. The van der Waals surface area contributed by atoms with Crippen LogP contribution in [0, 0.1) is 11.3 Å². The smallest absolute Gasteiger partial charge is 0.227 e. The zero-order valence-electron chi connectivity index (χ0n) is 8.76. The summed E-state index contributed by atoms with van der Waals surface area (Å²) in [5, 5.41) is 0. The molecular formula is C10H17NO2. The second kappa shape index (κ2) is 3.13. The van der Waals surface area contributed by atoms with E-state index in [-0.39, 0.29) is 23.0 Å². The molecule has 0 aliphatic carbocycles. The number of likely N-dealkylation sites (tertiary alicyclic amines) is 1. The highest BCUT2D eigenvalue weighted by Gasteiger charge is 2.37. The minimum atomic E-state index is -0.318. The van der Waals surface area contributed by atoms with Gasteiger partial charge in [0.25, 0.3) is 0 Å². The summed E-state index contributed by atoms with van der Waals surface area (Å²) in [7, 11) is 0. The maximum absolute atomic E-state index is 11.6. The highest BCUT2D eigenvalue weighted by atomic mass is 16.2. The van der Waals surface area contributed by atoms with Crippen LogP contribution in [0.15, 0.2) is 0 Å². The molecule has 0 N–H and O–H groups in total. The Balaban J connectivity index is 2.44. The largest absolute Gasteiger partial charge is 0.341 e. The fraction of sp³-hybridized carbons (Fsp3) is 0.800. The number of carbonyl (C=O) groups is 2. The van der Waals surface area contributed by atoms with E-state index < -0.39 is 0 Å². The van der Waals surface area contributed by atoms with Crippen molar-refractivity contribution in [1.29, 1.82) is 0 Å². The van der Waals surface area contributed by atoms with Gasteiger partial charge in [-0.1, -0.05) is 20.8 Å². The molecule has 0 saturated carbocycles. The summed E-state index contributed by atoms with van der Waals surface area (Å²) in [4.78, 5) is 24.3. The monoisotopic (exact) mass is 183 g/mol. The van der Waals surface area contributed by atoms with Gasteiger partial charge in [-0.25, -0.2) is 0 Å². The predicted molar refractivity (Wildman–Crippen MR) is 50.2 cm³/mol. The number of ketones is 1. The van der Waals surface area contributed by atoms with Gasteiger partial charge in [-0.15, -0.1) is 0 Å². The first-order valence-electron chi connectivity index (χ1n) is 4.62. The third kappa shape index (κ3) is 2.08. The van der Waals surface area contributed by atoms with Crippen LogP contribution < -0.4 is 0 Å². The first-order chi connectivity index (χ1) is 5.82. The van der Waals surface area contributed by atoms with E-state index in [1.807, 2.05) is 20.8 Å². The van der Waals surface area contributed by atoms with Gasteiger partial charge in [0.15, 0.2) is 0 Å². The molecule has 1 heterocycles. The van der Waals surface area contributed by atoms with Crippen molar-refractivity contribution >= 4 is 11.7 Å². The van der Waals surface area contributed by atoms with Crippen LogP contribution in [0.2, 0.25) is 0 Å². The fourth-order valence-corrected chi connectivity index (χ4v) is 1.38. The summed E-state index contributed by atoms with van der Waals surface area (Å²) in [6.07, 6.45) is 0. The Hall–Kier alpha value is -0.860. The third-order valence-electron chi connectivity index (χ3n) is 2.39. The molecule has 3 nitrogen and oxygen atoms in total. The molecular weight excluding hydrogens is 166 g/mol. The summed E-state index contributed by atoms with van der Waals surface area (Å²) in [5.41, 5.74) is -0.318. The highest BCUT2D eigenvalue weighted by molar-refractivity contribution is 5.86. The van der Waals surface area contributed by atoms with Gasteiger partial charge in [0.2, 0.25) is 5.91 Å². The van der Waals surface area contributed by atoms with Gasteiger partial charge >= 0.3 is 0 Å². The average molecular weight is 183 g/mol. The second-order valence-electron chi connectivity index (χ2n) is 4.77. The SMILES string of the molecule is CC(=O)C1CN(C(=O)C(C)(C)C)C1. The molecule has 0 radical (unpaired) electrons. The van der Waals surface area contributed by atoms with Crippen molar-refractivity contribution in [2.24, 2.45) is 11.3 Å². The summed E-state index contributed by atoms with van der Waals surface area (Å²) in [6, 6.07) is 0. The molecule has 1 rings (SSSR count). The lowest BCUT2D eigenvalue weighted by molar-refractivity contribution is -0.148. The predicted octanol–water partition coefficient (Wildman–Crippen LogP) is 1.08. The molecule has 1 saturated heterocycles. The Kier molecular flexibility index (Phi) is 2.46. The maximum Gasteiger partial charge on any atom is 0.227 e. The molecule has 1 amide bonds. The summed E-state index contributed by atoms with van der Waals surface area (Å²) in [5.74, 6) is 0.425. The van der Waals surface area contributed by atoms with Crippen molar-refractivity contribution in [2.75, 3.05) is 13.1 Å². The van der Waals surface area contributed by atoms with E-state index >= 15 is 0 Å². The van der Waals surface area contributed by atoms with Crippen molar-refractivity contribution in [3.63, 3.8) is 0 Å². The molecule has 0 bridgehead atoms. The molecule has 0 unspecified atom stereocenters. The molecule has 0 aromatic heterocycles. The number of carbonyl (C=O) groups excluding carboxylic acids is 2. The molecule has 0 aromatic rings. The van der Waals surface area contributed by atoms with Crippen LogP contribution in [0.4, 0.5) is 0 Å². The Bertz CT molecular complexity index is 234. The lowest BCUT2D eigenvalue weighted by Gasteiger charge is -2.41. The zero-order valence-corrected chi connectivity index (χ0v) is 8.76. The molecule has 13 heavy (non-hydrogen) atoms. The van der Waals surface area contributed by atoms with Crippen LogP contribution in [-0.2, 0) is 9.59 Å². The quantitative estimate of drug-likeness (QED) is 0.610. The van der Waals surface area contributed by atoms with Gasteiger partial charge < -0.3 is 4.90 Å². The van der Waals surface area contributed by atoms with Gasteiger partial charge in [0.1, 0.15) is 5.78 Å². The van der Waals surface area contributed by atoms with Crippen molar-refractivity contribution in [2.45, 2.75) is 27.7 Å². The van der Waals surface area contributed by atoms with E-state index in [1.165, 1.54) is 0 Å². The standard InChI is InChI=1S/C10H17NO2/c1-7(12)8-5-11(6-8)9(13)10(2,3)4/h8H,5-6H2,1-4H3. The molecule has 1 fully saturated rings. The van der Waals surface area contributed by atoms with Crippen LogP contribution in [-0.4, -0.2) is 29.7 Å². The molecule has 0 atom stereocenters. The molecule has 1 aliphatic heterocycles. The molecule has 74 valence electrons. The maximum atomic E-state index is 11.6. The minimum Gasteiger partial charge on any atom is -0.341 e. The molecule has 3 heteroatoms. The zero-order chi connectivity index (χ0) is 10.2. The van der Waals surface area contributed by atoms with Crippen molar-refractivity contribution in [1.82, 2.24) is 4.90 Å². The van der Waals surface area contributed by atoms with E-state index in [0.29, 0.717) is 13.1 Å². The second-order valence-corrected chi connectivity index (χ2v) is 4.77. The van der Waals surface area contributed by atoms with E-state index in [9.17, 15) is 9.59 Å².